The van der Waals surface area contributed by atoms with E-state index in [9.17, 15) is 0 Å². The summed E-state index contributed by atoms with van der Waals surface area (Å²) >= 11 is 0. The highest BCUT2D eigenvalue weighted by atomic mass is 15.4. The number of aromatic nitrogens is 5. The van der Waals surface area contributed by atoms with Crippen molar-refractivity contribution in [3.8, 4) is 5.69 Å². The number of rotatable bonds is 4. The third-order valence-corrected chi connectivity index (χ3v) is 4.65. The van der Waals surface area contributed by atoms with Crippen LogP contribution in [0.4, 0.5) is 5.95 Å². The van der Waals surface area contributed by atoms with Gasteiger partial charge in [-0.2, -0.15) is 15.2 Å². The minimum absolute atomic E-state index is 0.867. The van der Waals surface area contributed by atoms with E-state index in [2.05, 4.69) is 67.3 Å². The Morgan fingerprint density at radius 3 is 2.60 bits per heavy atom. The van der Waals surface area contributed by atoms with Gasteiger partial charge >= 0.3 is 0 Å². The summed E-state index contributed by atoms with van der Waals surface area (Å²) < 4.78 is 2.01. The average molecular weight is 337 g/mol. The summed E-state index contributed by atoms with van der Waals surface area (Å²) in [6.45, 7) is 9.04. The van der Waals surface area contributed by atoms with E-state index in [0.717, 1.165) is 55.7 Å². The predicted molar refractivity (Wildman–Crippen MR) is 96.9 cm³/mol. The molecule has 1 aliphatic rings. The number of piperazine rings is 1. The van der Waals surface area contributed by atoms with Crippen molar-refractivity contribution < 1.29 is 0 Å². The Bertz CT molecular complexity index is 829. The molecule has 1 saturated heterocycles. The normalized spacial score (nSPS) is 15.7. The highest BCUT2D eigenvalue weighted by molar-refractivity contribution is 5.37. The Hall–Kier alpha value is -2.67. The lowest BCUT2D eigenvalue weighted by atomic mass is 10.1. The van der Waals surface area contributed by atoms with Crippen LogP contribution in [-0.4, -0.2) is 56.0 Å². The zero-order valence-corrected chi connectivity index (χ0v) is 14.7. The number of aryl methyl sites for hydroxylation is 2. The second-order valence-electron chi connectivity index (χ2n) is 6.58. The van der Waals surface area contributed by atoms with Crippen LogP contribution in [0.1, 0.15) is 17.0 Å². The van der Waals surface area contributed by atoms with E-state index >= 15 is 0 Å². The van der Waals surface area contributed by atoms with Gasteiger partial charge in [0.2, 0.25) is 5.95 Å². The summed E-state index contributed by atoms with van der Waals surface area (Å²) in [6.07, 6.45) is 1.56. The van der Waals surface area contributed by atoms with E-state index in [1.54, 1.807) is 6.33 Å². The Labute approximate surface area is 147 Å². The van der Waals surface area contributed by atoms with E-state index in [0.29, 0.717) is 0 Å². The Kier molecular flexibility index (Phi) is 4.23. The topological polar surface area (TPSA) is 65.9 Å². The highest BCUT2D eigenvalue weighted by Gasteiger charge is 2.19. The molecule has 0 amide bonds. The number of hydrogen-bond donors (Lipinski definition) is 1. The molecule has 0 saturated carbocycles. The van der Waals surface area contributed by atoms with E-state index in [4.69, 9.17) is 0 Å². The molecule has 7 heteroatoms. The number of benzene rings is 1. The first-order valence-electron chi connectivity index (χ1n) is 8.64. The van der Waals surface area contributed by atoms with Gasteiger partial charge in [0.15, 0.2) is 0 Å². The van der Waals surface area contributed by atoms with Crippen LogP contribution >= 0.6 is 0 Å². The SMILES string of the molecule is Cc1cc(C)n(-c2cccc(CN3CCN(c4ncn[nH]4)CC3)c2)n1. The molecule has 25 heavy (non-hydrogen) atoms. The van der Waals surface area contributed by atoms with Gasteiger partial charge in [-0.1, -0.05) is 12.1 Å². The van der Waals surface area contributed by atoms with Gasteiger partial charge in [0, 0.05) is 38.4 Å². The maximum absolute atomic E-state index is 4.59. The predicted octanol–water partition coefficient (Wildman–Crippen LogP) is 1.93. The van der Waals surface area contributed by atoms with Crippen LogP contribution in [0.15, 0.2) is 36.7 Å². The fourth-order valence-electron chi connectivity index (χ4n) is 3.40. The summed E-state index contributed by atoms with van der Waals surface area (Å²) in [7, 11) is 0. The summed E-state index contributed by atoms with van der Waals surface area (Å²) in [5.41, 5.74) is 4.66. The van der Waals surface area contributed by atoms with Gasteiger partial charge in [0.1, 0.15) is 6.33 Å². The van der Waals surface area contributed by atoms with Crippen LogP contribution in [0.3, 0.4) is 0 Å². The lowest BCUT2D eigenvalue weighted by Crippen LogP contribution is -2.46. The van der Waals surface area contributed by atoms with E-state index < -0.39 is 0 Å². The van der Waals surface area contributed by atoms with Crippen LogP contribution < -0.4 is 4.90 Å². The van der Waals surface area contributed by atoms with Gasteiger partial charge in [-0.05, 0) is 37.6 Å². The van der Waals surface area contributed by atoms with Gasteiger partial charge in [-0.15, -0.1) is 0 Å². The van der Waals surface area contributed by atoms with Gasteiger partial charge in [0.05, 0.1) is 11.4 Å². The van der Waals surface area contributed by atoms with Crippen LogP contribution in [0.2, 0.25) is 0 Å². The molecule has 0 aliphatic carbocycles. The van der Waals surface area contributed by atoms with Crippen molar-refractivity contribution in [1.82, 2.24) is 29.9 Å². The second-order valence-corrected chi connectivity index (χ2v) is 6.58. The maximum atomic E-state index is 4.59. The van der Waals surface area contributed by atoms with Gasteiger partial charge in [-0.25, -0.2) is 9.78 Å². The monoisotopic (exact) mass is 337 g/mol. The number of aromatic amines is 1. The lowest BCUT2D eigenvalue weighted by molar-refractivity contribution is 0.249. The van der Waals surface area contributed by atoms with Gasteiger partial charge in [-0.3, -0.25) is 4.90 Å². The lowest BCUT2D eigenvalue weighted by Gasteiger charge is -2.34. The summed E-state index contributed by atoms with van der Waals surface area (Å²) in [4.78, 5) is 8.96. The summed E-state index contributed by atoms with van der Waals surface area (Å²) in [5, 5.41) is 11.5. The van der Waals surface area contributed by atoms with Crippen molar-refractivity contribution in [2.75, 3.05) is 31.1 Å². The maximum Gasteiger partial charge on any atom is 0.221 e. The largest absolute Gasteiger partial charge is 0.339 e. The van der Waals surface area contributed by atoms with Crippen molar-refractivity contribution in [3.63, 3.8) is 0 Å². The molecule has 3 heterocycles. The van der Waals surface area contributed by atoms with Crippen LogP contribution in [0, 0.1) is 13.8 Å². The van der Waals surface area contributed by atoms with Gasteiger partial charge < -0.3 is 4.90 Å². The molecule has 0 bridgehead atoms. The third-order valence-electron chi connectivity index (χ3n) is 4.65. The van der Waals surface area contributed by atoms with Crippen molar-refractivity contribution >= 4 is 5.95 Å². The molecule has 0 atom stereocenters. The first-order chi connectivity index (χ1) is 12.2. The fourth-order valence-corrected chi connectivity index (χ4v) is 3.40. The molecule has 1 fully saturated rings. The fraction of sp³-hybridized carbons (Fsp3) is 0.389. The molecule has 4 rings (SSSR count). The molecule has 1 aromatic carbocycles. The second kappa shape index (κ2) is 6.68. The first-order valence-corrected chi connectivity index (χ1v) is 8.64. The van der Waals surface area contributed by atoms with Gasteiger partial charge in [0.25, 0.3) is 0 Å². The van der Waals surface area contributed by atoms with Crippen molar-refractivity contribution in [2.45, 2.75) is 20.4 Å². The first kappa shape index (κ1) is 15.8. The molecule has 130 valence electrons. The number of H-pyrrole nitrogens is 1. The molecule has 0 spiro atoms. The number of hydrogen-bond acceptors (Lipinski definition) is 5. The van der Waals surface area contributed by atoms with E-state index in [-0.39, 0.29) is 0 Å². The molecule has 3 aromatic rings. The third kappa shape index (κ3) is 3.41. The van der Waals surface area contributed by atoms with Crippen LogP contribution in [0.5, 0.6) is 0 Å². The van der Waals surface area contributed by atoms with Crippen molar-refractivity contribution in [1.29, 1.82) is 0 Å². The number of anilines is 1. The van der Waals surface area contributed by atoms with E-state index in [1.807, 2.05) is 11.6 Å². The smallest absolute Gasteiger partial charge is 0.221 e. The standard InChI is InChI=1S/C18H23N7/c1-14-10-15(2)25(22-14)17-5-3-4-16(11-17)12-23-6-8-24(9-7-23)18-19-13-20-21-18/h3-5,10-11,13H,6-9,12H2,1-2H3,(H,19,20,21). The highest BCUT2D eigenvalue weighted by Crippen LogP contribution is 2.16. The van der Waals surface area contributed by atoms with Crippen LogP contribution in [0.25, 0.3) is 5.69 Å². The summed E-state index contributed by atoms with van der Waals surface area (Å²) in [5.74, 6) is 0.867. The molecule has 1 aliphatic heterocycles. The Morgan fingerprint density at radius 1 is 1.08 bits per heavy atom. The zero-order chi connectivity index (χ0) is 17.2. The number of nitrogens with one attached hydrogen (secondary N) is 1. The summed E-state index contributed by atoms with van der Waals surface area (Å²) in [6, 6.07) is 10.8. The molecular formula is C18H23N7. The quantitative estimate of drug-likeness (QED) is 0.788. The van der Waals surface area contributed by atoms with Crippen molar-refractivity contribution in [2.24, 2.45) is 0 Å². The molecule has 1 N–H and O–H groups in total. The number of nitrogens with zero attached hydrogens (tertiary/aromatic N) is 6. The Morgan fingerprint density at radius 2 is 1.92 bits per heavy atom. The molecule has 7 nitrogen and oxygen atoms in total. The van der Waals surface area contributed by atoms with Crippen LogP contribution in [-0.2, 0) is 6.54 Å². The van der Waals surface area contributed by atoms with E-state index in [1.165, 1.54) is 5.56 Å². The zero-order valence-electron chi connectivity index (χ0n) is 14.7. The van der Waals surface area contributed by atoms with Crippen molar-refractivity contribution in [3.05, 3.63) is 53.6 Å². The Balaban J connectivity index is 1.42. The molecule has 2 aromatic heterocycles. The minimum atomic E-state index is 0.867. The average Bonchev–Trinajstić information content (AvgIpc) is 3.25. The molecular weight excluding hydrogens is 314 g/mol. The molecule has 0 radical (unpaired) electrons. The molecule has 0 unspecified atom stereocenters. The minimum Gasteiger partial charge on any atom is -0.339 e.